The fraction of sp³-hybridized carbons (Fsp3) is 0.833. The third-order valence-corrected chi connectivity index (χ3v) is 3.06. The van der Waals surface area contributed by atoms with Crippen LogP contribution in [-0.4, -0.2) is 60.5 Å². The Kier molecular flexibility index (Phi) is 6.25. The predicted octanol–water partition coefficient (Wildman–Crippen LogP) is 1.46. The van der Waals surface area contributed by atoms with E-state index in [9.17, 15) is 22.8 Å². The summed E-state index contributed by atoms with van der Waals surface area (Å²) in [5.41, 5.74) is 0. The number of alkyl halides is 3. The van der Waals surface area contributed by atoms with Crippen LogP contribution in [0.1, 0.15) is 19.8 Å². The van der Waals surface area contributed by atoms with Crippen molar-refractivity contribution < 1.29 is 32.6 Å². The number of hydrogen-bond acceptors (Lipinski definition) is 3. The first-order valence-electron chi connectivity index (χ1n) is 6.62. The maximum atomic E-state index is 11.9. The van der Waals surface area contributed by atoms with Crippen LogP contribution in [-0.2, 0) is 9.53 Å². The fourth-order valence-corrected chi connectivity index (χ4v) is 2.06. The number of carboxylic acids is 1. The third-order valence-electron chi connectivity index (χ3n) is 3.06. The predicted molar refractivity (Wildman–Crippen MR) is 66.8 cm³/mol. The van der Waals surface area contributed by atoms with E-state index in [0.29, 0.717) is 19.4 Å². The normalized spacial score (nSPS) is 21.0. The number of rotatable bonds is 5. The number of halogens is 3. The number of nitrogens with one attached hydrogen (secondary N) is 1. The fourth-order valence-electron chi connectivity index (χ4n) is 2.06. The summed E-state index contributed by atoms with van der Waals surface area (Å²) >= 11 is 0. The van der Waals surface area contributed by atoms with Crippen LogP contribution < -0.4 is 5.32 Å². The van der Waals surface area contributed by atoms with Gasteiger partial charge < -0.3 is 20.1 Å². The number of carbonyl (C=O) groups is 2. The smallest absolute Gasteiger partial charge is 0.411 e. The van der Waals surface area contributed by atoms with Crippen molar-refractivity contribution in [3.63, 3.8) is 0 Å². The Morgan fingerprint density at radius 1 is 1.48 bits per heavy atom. The monoisotopic (exact) mass is 312 g/mol. The van der Waals surface area contributed by atoms with E-state index < -0.39 is 36.7 Å². The molecule has 1 heterocycles. The number of likely N-dealkylation sites (tertiary alicyclic amines) is 1. The Bertz CT molecular complexity index is 376. The van der Waals surface area contributed by atoms with Gasteiger partial charge in [-0.1, -0.05) is 0 Å². The largest absolute Gasteiger partial charge is 0.481 e. The molecule has 0 spiro atoms. The second-order valence-electron chi connectivity index (χ2n) is 5.10. The summed E-state index contributed by atoms with van der Waals surface area (Å²) in [5.74, 6) is -1.55. The topological polar surface area (TPSA) is 78.9 Å². The Morgan fingerprint density at radius 2 is 2.14 bits per heavy atom. The van der Waals surface area contributed by atoms with Gasteiger partial charge in [0.2, 0.25) is 0 Å². The van der Waals surface area contributed by atoms with E-state index in [1.54, 1.807) is 0 Å². The number of carbonyl (C=O) groups excluding carboxylic acids is 1. The van der Waals surface area contributed by atoms with Crippen LogP contribution in [0.25, 0.3) is 0 Å². The maximum Gasteiger partial charge on any atom is 0.411 e. The number of nitrogens with zero attached hydrogens (tertiary/aromatic N) is 1. The zero-order valence-corrected chi connectivity index (χ0v) is 11.7. The van der Waals surface area contributed by atoms with Crippen molar-refractivity contribution in [2.24, 2.45) is 5.92 Å². The van der Waals surface area contributed by atoms with Crippen LogP contribution in [0, 0.1) is 5.92 Å². The van der Waals surface area contributed by atoms with Gasteiger partial charge in [-0.05, 0) is 19.8 Å². The Hall–Kier alpha value is -1.51. The van der Waals surface area contributed by atoms with Crippen molar-refractivity contribution >= 4 is 12.0 Å². The molecule has 1 aliphatic heterocycles. The minimum absolute atomic E-state index is 0.108. The lowest BCUT2D eigenvalue weighted by atomic mass is 9.99. The molecule has 21 heavy (non-hydrogen) atoms. The lowest BCUT2D eigenvalue weighted by Gasteiger charge is -2.31. The van der Waals surface area contributed by atoms with Gasteiger partial charge in [-0.3, -0.25) is 4.79 Å². The average Bonchev–Trinajstić information content (AvgIpc) is 2.37. The highest BCUT2D eigenvalue weighted by Crippen LogP contribution is 2.17. The van der Waals surface area contributed by atoms with Gasteiger partial charge in [0, 0.05) is 13.1 Å². The molecule has 9 heteroatoms. The Balaban J connectivity index is 2.33. The summed E-state index contributed by atoms with van der Waals surface area (Å²) in [6.07, 6.45) is -3.29. The van der Waals surface area contributed by atoms with Crippen molar-refractivity contribution in [3.8, 4) is 0 Å². The van der Waals surface area contributed by atoms with Crippen LogP contribution in [0.2, 0.25) is 0 Å². The van der Waals surface area contributed by atoms with Gasteiger partial charge in [0.05, 0.1) is 18.6 Å². The molecule has 1 rings (SSSR count). The van der Waals surface area contributed by atoms with E-state index in [4.69, 9.17) is 5.11 Å². The molecule has 2 atom stereocenters. The van der Waals surface area contributed by atoms with Crippen molar-refractivity contribution in [1.82, 2.24) is 10.2 Å². The molecule has 0 radical (unpaired) electrons. The van der Waals surface area contributed by atoms with E-state index in [1.807, 2.05) is 0 Å². The lowest BCUT2D eigenvalue weighted by molar-refractivity contribution is -0.174. The molecular formula is C12H19F3N2O4. The van der Waals surface area contributed by atoms with Gasteiger partial charge >= 0.3 is 18.2 Å². The second kappa shape index (κ2) is 7.48. The van der Waals surface area contributed by atoms with E-state index >= 15 is 0 Å². The molecule has 6 nitrogen and oxygen atoms in total. The molecule has 2 N–H and O–H groups in total. The molecule has 0 aromatic rings. The molecule has 0 saturated carbocycles. The van der Waals surface area contributed by atoms with Gasteiger partial charge in [0.25, 0.3) is 0 Å². The van der Waals surface area contributed by atoms with Gasteiger partial charge in [0.15, 0.2) is 0 Å². The standard InChI is InChI=1S/C12H19F3N2O4/c1-8(6-21-7-12(13,14)15)16-11(20)17-4-2-3-9(5-17)10(18)19/h8-9H,2-7H2,1H3,(H,16,20)(H,18,19). The van der Waals surface area contributed by atoms with Gasteiger partial charge in [0.1, 0.15) is 6.61 Å². The summed E-state index contributed by atoms with van der Waals surface area (Å²) < 4.78 is 40.2. The third kappa shape index (κ3) is 6.65. The minimum atomic E-state index is -4.40. The quantitative estimate of drug-likeness (QED) is 0.805. The van der Waals surface area contributed by atoms with E-state index in [0.717, 1.165) is 0 Å². The van der Waals surface area contributed by atoms with Crippen molar-refractivity contribution in [2.45, 2.75) is 32.0 Å². The summed E-state index contributed by atoms with van der Waals surface area (Å²) in [6.45, 7) is 0.440. The lowest BCUT2D eigenvalue weighted by Crippen LogP contribution is -2.50. The van der Waals surface area contributed by atoms with Crippen LogP contribution in [0.3, 0.4) is 0 Å². The van der Waals surface area contributed by atoms with Crippen LogP contribution in [0.4, 0.5) is 18.0 Å². The molecule has 2 unspecified atom stereocenters. The van der Waals surface area contributed by atoms with Crippen molar-refractivity contribution in [2.75, 3.05) is 26.3 Å². The number of aliphatic carboxylic acids is 1. The summed E-state index contributed by atoms with van der Waals surface area (Å²) in [7, 11) is 0. The molecule has 0 aromatic heterocycles. The van der Waals surface area contributed by atoms with E-state index in [-0.39, 0.29) is 13.2 Å². The highest BCUT2D eigenvalue weighted by molar-refractivity contribution is 5.76. The zero-order chi connectivity index (χ0) is 16.0. The van der Waals surface area contributed by atoms with E-state index in [2.05, 4.69) is 10.1 Å². The molecule has 122 valence electrons. The number of amides is 2. The SMILES string of the molecule is CC(COCC(F)(F)F)NC(=O)N1CCCC(C(=O)O)C1. The summed E-state index contributed by atoms with van der Waals surface area (Å²) in [5, 5.41) is 11.4. The Morgan fingerprint density at radius 3 is 2.71 bits per heavy atom. The van der Waals surface area contributed by atoms with Crippen molar-refractivity contribution in [3.05, 3.63) is 0 Å². The summed E-state index contributed by atoms with van der Waals surface area (Å²) in [6, 6.07) is -1.07. The molecule has 0 aromatic carbocycles. The van der Waals surface area contributed by atoms with Crippen LogP contribution in [0.5, 0.6) is 0 Å². The molecular weight excluding hydrogens is 293 g/mol. The molecule has 1 aliphatic rings. The average molecular weight is 312 g/mol. The molecule has 2 amide bonds. The zero-order valence-electron chi connectivity index (χ0n) is 11.7. The second-order valence-corrected chi connectivity index (χ2v) is 5.10. The van der Waals surface area contributed by atoms with Crippen LogP contribution in [0.15, 0.2) is 0 Å². The molecule has 1 fully saturated rings. The highest BCUT2D eigenvalue weighted by atomic mass is 19.4. The first kappa shape index (κ1) is 17.5. The summed E-state index contributed by atoms with van der Waals surface area (Å²) in [4.78, 5) is 24.1. The van der Waals surface area contributed by atoms with Gasteiger partial charge in [-0.15, -0.1) is 0 Å². The maximum absolute atomic E-state index is 11.9. The number of ether oxygens (including phenoxy) is 1. The molecule has 0 bridgehead atoms. The number of urea groups is 1. The number of carboxylic acid groups (broad SMARTS) is 1. The number of hydrogen-bond donors (Lipinski definition) is 2. The van der Waals surface area contributed by atoms with Crippen LogP contribution >= 0.6 is 0 Å². The molecule has 1 saturated heterocycles. The van der Waals surface area contributed by atoms with Gasteiger partial charge in [-0.2, -0.15) is 13.2 Å². The minimum Gasteiger partial charge on any atom is -0.481 e. The van der Waals surface area contributed by atoms with E-state index in [1.165, 1.54) is 11.8 Å². The van der Waals surface area contributed by atoms with Gasteiger partial charge in [-0.25, -0.2) is 4.79 Å². The van der Waals surface area contributed by atoms with Crippen molar-refractivity contribution in [1.29, 1.82) is 0 Å². The first-order valence-corrected chi connectivity index (χ1v) is 6.62. The highest BCUT2D eigenvalue weighted by Gasteiger charge is 2.29. The number of piperidine rings is 1. The first-order chi connectivity index (χ1) is 9.69. The Labute approximate surface area is 120 Å². The molecule has 0 aliphatic carbocycles.